The van der Waals surface area contributed by atoms with Gasteiger partial charge in [-0.2, -0.15) is 5.26 Å². The minimum Gasteiger partial charge on any atom is -0.278 e. The second-order valence-corrected chi connectivity index (χ2v) is 4.21. The quantitative estimate of drug-likeness (QED) is 0.322. The summed E-state index contributed by atoms with van der Waals surface area (Å²) in [6.45, 7) is 2.19. The van der Waals surface area contributed by atoms with Crippen LogP contribution in [0.4, 0.5) is 0 Å². The van der Waals surface area contributed by atoms with Gasteiger partial charge in [-0.1, -0.05) is 50.2 Å². The molecule has 0 atom stereocenters. The van der Waals surface area contributed by atoms with Crippen molar-refractivity contribution in [3.8, 4) is 6.19 Å². The summed E-state index contributed by atoms with van der Waals surface area (Å²) in [5.74, 6) is 1.02. The van der Waals surface area contributed by atoms with Crippen LogP contribution in [0.2, 0.25) is 0 Å². The van der Waals surface area contributed by atoms with Gasteiger partial charge in [0.15, 0.2) is 6.19 Å². The second kappa shape index (κ2) is 8.82. The number of nitriles is 1. The number of hydrogen-bond donors (Lipinski definition) is 1. The fraction of sp³-hybridized carbons (Fsp3) is 0.750. The fourth-order valence-corrected chi connectivity index (χ4v) is 1.72. The zero-order chi connectivity index (χ0) is 9.23. The van der Waals surface area contributed by atoms with Crippen molar-refractivity contribution in [3.05, 3.63) is 0 Å². The van der Waals surface area contributed by atoms with Crippen LogP contribution in [0.3, 0.4) is 0 Å². The highest BCUT2D eigenvalue weighted by Crippen LogP contribution is 2.08. The molecule has 1 N–H and O–H groups in total. The highest BCUT2D eigenvalue weighted by atomic mass is 32.2. The molecule has 68 valence electrons. The van der Waals surface area contributed by atoms with Crippen molar-refractivity contribution in [2.24, 2.45) is 0 Å². The zero-order valence-corrected chi connectivity index (χ0v) is 8.93. The van der Waals surface area contributed by atoms with E-state index in [9.17, 15) is 0 Å². The van der Waals surface area contributed by atoms with Crippen LogP contribution in [0.25, 0.3) is 0 Å². The molecule has 0 aromatic heterocycles. The van der Waals surface area contributed by atoms with Gasteiger partial charge >= 0.3 is 0 Å². The van der Waals surface area contributed by atoms with Crippen LogP contribution in [-0.4, -0.2) is 10.1 Å². The van der Waals surface area contributed by atoms with E-state index in [1.54, 1.807) is 11.8 Å². The predicted octanol–water partition coefficient (Wildman–Crippen LogP) is 2.66. The summed E-state index contributed by atoms with van der Waals surface area (Å²) in [7, 11) is 0. The van der Waals surface area contributed by atoms with Crippen LogP contribution in [0, 0.1) is 11.5 Å². The van der Waals surface area contributed by atoms with Gasteiger partial charge in [-0.25, -0.2) is 0 Å². The highest BCUT2D eigenvalue weighted by Gasteiger charge is 1.94. The molecule has 0 rings (SSSR count). The molecule has 0 aromatic rings. The van der Waals surface area contributed by atoms with Crippen molar-refractivity contribution >= 4 is 28.3 Å². The second-order valence-electron chi connectivity index (χ2n) is 2.43. The largest absolute Gasteiger partial charge is 0.278 e. The van der Waals surface area contributed by atoms with Crippen molar-refractivity contribution in [2.75, 3.05) is 5.75 Å². The summed E-state index contributed by atoms with van der Waals surface area (Å²) in [6.07, 6.45) is 6.80. The molecule has 0 aliphatic heterocycles. The van der Waals surface area contributed by atoms with E-state index < -0.39 is 0 Å². The average Bonchev–Trinajstić information content (AvgIpc) is 2.05. The Kier molecular flexibility index (Phi) is 8.62. The number of nitrogens with zero attached hydrogens (tertiary/aromatic N) is 1. The lowest BCUT2D eigenvalue weighted by Gasteiger charge is -1.99. The molecule has 0 saturated heterocycles. The van der Waals surface area contributed by atoms with Gasteiger partial charge < -0.3 is 0 Å². The summed E-state index contributed by atoms with van der Waals surface area (Å²) in [6, 6.07) is 0. The third-order valence-corrected chi connectivity index (χ3v) is 2.70. The lowest BCUT2D eigenvalue weighted by molar-refractivity contribution is 0.707. The Hall–Kier alpha value is -0.270. The predicted molar refractivity (Wildman–Crippen MR) is 57.9 cm³/mol. The Morgan fingerprint density at radius 1 is 1.50 bits per heavy atom. The minimum atomic E-state index is 0.592. The summed E-state index contributed by atoms with van der Waals surface area (Å²) in [5, 5.41) is 10.7. The van der Waals surface area contributed by atoms with Gasteiger partial charge in [0.05, 0.1) is 0 Å². The first-order chi connectivity index (χ1) is 5.81. The summed E-state index contributed by atoms with van der Waals surface area (Å²) in [4.78, 5) is 0. The van der Waals surface area contributed by atoms with Crippen molar-refractivity contribution in [1.29, 1.82) is 5.26 Å². The van der Waals surface area contributed by atoms with E-state index in [-0.39, 0.29) is 0 Å². The average molecular weight is 202 g/mol. The molecule has 0 fully saturated rings. The first-order valence-electron chi connectivity index (χ1n) is 4.13. The van der Waals surface area contributed by atoms with Crippen molar-refractivity contribution in [3.63, 3.8) is 0 Å². The monoisotopic (exact) mass is 202 g/mol. The SMILES string of the molecule is CCCCCCSC(=S)NC#N. The normalized spacial score (nSPS) is 9.00. The van der Waals surface area contributed by atoms with E-state index in [2.05, 4.69) is 12.2 Å². The number of hydrogen-bond acceptors (Lipinski definition) is 3. The van der Waals surface area contributed by atoms with Gasteiger partial charge in [0.25, 0.3) is 0 Å². The fourth-order valence-electron chi connectivity index (χ4n) is 0.775. The third-order valence-electron chi connectivity index (χ3n) is 1.39. The van der Waals surface area contributed by atoms with Crippen LogP contribution in [-0.2, 0) is 0 Å². The lowest BCUT2D eigenvalue weighted by Crippen LogP contribution is -2.10. The lowest BCUT2D eigenvalue weighted by atomic mass is 10.2. The molecule has 0 bridgehead atoms. The van der Waals surface area contributed by atoms with Crippen molar-refractivity contribution in [2.45, 2.75) is 32.6 Å². The first-order valence-corrected chi connectivity index (χ1v) is 5.52. The smallest absolute Gasteiger partial charge is 0.182 e. The van der Waals surface area contributed by atoms with E-state index in [4.69, 9.17) is 17.5 Å². The first kappa shape index (κ1) is 11.7. The standard InChI is InChI=1S/C8H14N2S2/c1-2-3-4-5-6-12-8(11)10-7-9/h2-6H2,1H3,(H,10,11). The molecule has 0 radical (unpaired) electrons. The van der Waals surface area contributed by atoms with Gasteiger partial charge in [0, 0.05) is 5.75 Å². The van der Waals surface area contributed by atoms with Crippen LogP contribution in [0.15, 0.2) is 0 Å². The molecule has 2 nitrogen and oxygen atoms in total. The molecular formula is C8H14N2S2. The molecule has 0 amide bonds. The topological polar surface area (TPSA) is 35.8 Å². The number of thioether (sulfide) groups is 1. The highest BCUT2D eigenvalue weighted by molar-refractivity contribution is 8.22. The summed E-state index contributed by atoms with van der Waals surface area (Å²) in [5.41, 5.74) is 0. The molecule has 0 unspecified atom stereocenters. The van der Waals surface area contributed by atoms with E-state index >= 15 is 0 Å². The maximum Gasteiger partial charge on any atom is 0.182 e. The molecule has 12 heavy (non-hydrogen) atoms. The summed E-state index contributed by atoms with van der Waals surface area (Å²) >= 11 is 6.41. The van der Waals surface area contributed by atoms with Gasteiger partial charge in [-0.05, 0) is 6.42 Å². The molecule has 0 saturated carbocycles. The molecule has 4 heteroatoms. The Labute approximate surface area is 83.7 Å². The van der Waals surface area contributed by atoms with Gasteiger partial charge in [-0.3, -0.25) is 5.32 Å². The van der Waals surface area contributed by atoms with Gasteiger partial charge in [-0.15, -0.1) is 0 Å². The molecule has 0 aliphatic carbocycles. The van der Waals surface area contributed by atoms with Crippen LogP contribution in [0.5, 0.6) is 0 Å². The van der Waals surface area contributed by atoms with E-state index in [0.29, 0.717) is 4.32 Å². The number of thiocarbonyl (C=S) groups is 1. The van der Waals surface area contributed by atoms with E-state index in [1.165, 1.54) is 25.7 Å². The van der Waals surface area contributed by atoms with E-state index in [0.717, 1.165) is 5.75 Å². The van der Waals surface area contributed by atoms with Crippen molar-refractivity contribution < 1.29 is 0 Å². The maximum absolute atomic E-state index is 8.22. The Balaban J connectivity index is 3.10. The van der Waals surface area contributed by atoms with E-state index in [1.807, 2.05) is 6.19 Å². The van der Waals surface area contributed by atoms with Crippen LogP contribution < -0.4 is 5.32 Å². The van der Waals surface area contributed by atoms with Gasteiger partial charge in [0.1, 0.15) is 4.32 Å². The molecule has 0 aliphatic rings. The Bertz CT molecular complexity index is 163. The number of rotatable bonds is 5. The molecular weight excluding hydrogens is 188 g/mol. The third kappa shape index (κ3) is 7.83. The molecule has 0 spiro atoms. The zero-order valence-electron chi connectivity index (χ0n) is 7.30. The maximum atomic E-state index is 8.22. The summed E-state index contributed by atoms with van der Waals surface area (Å²) < 4.78 is 0.592. The minimum absolute atomic E-state index is 0.592. The molecule has 0 heterocycles. The van der Waals surface area contributed by atoms with Gasteiger partial charge in [0.2, 0.25) is 0 Å². The van der Waals surface area contributed by atoms with Crippen LogP contribution in [0.1, 0.15) is 32.6 Å². The Morgan fingerprint density at radius 3 is 2.83 bits per heavy atom. The van der Waals surface area contributed by atoms with Crippen molar-refractivity contribution in [1.82, 2.24) is 5.32 Å². The number of unbranched alkanes of at least 4 members (excludes halogenated alkanes) is 3. The Morgan fingerprint density at radius 2 is 2.25 bits per heavy atom. The molecule has 0 aromatic carbocycles. The number of nitrogens with one attached hydrogen (secondary N) is 1. The van der Waals surface area contributed by atoms with Crippen LogP contribution >= 0.6 is 24.0 Å².